The predicted molar refractivity (Wildman–Crippen MR) is 98.3 cm³/mol. The number of methoxy groups -OCH3 is 1. The molecular formula is C15H16BF5N2O3S2. The van der Waals surface area contributed by atoms with E-state index in [-0.39, 0.29) is 24.4 Å². The molecule has 0 aliphatic carbocycles. The summed E-state index contributed by atoms with van der Waals surface area (Å²) in [6.07, 6.45) is 2.32. The fourth-order valence-corrected chi connectivity index (χ4v) is 4.76. The van der Waals surface area contributed by atoms with Gasteiger partial charge in [-0.2, -0.15) is 11.8 Å². The molecular weight excluding hydrogens is 426 g/mol. The highest BCUT2D eigenvalue weighted by molar-refractivity contribution is 8.45. The maximum Gasteiger partial charge on any atom is 0.329 e. The van der Waals surface area contributed by atoms with Crippen LogP contribution in [0.25, 0.3) is 0 Å². The number of carbonyl (C=O) groups excluding carboxylic acids is 2. The number of ether oxygens (including phenoxy) is 1. The van der Waals surface area contributed by atoms with E-state index in [4.69, 9.17) is 10.00 Å². The Morgan fingerprint density at radius 2 is 1.79 bits per heavy atom. The van der Waals surface area contributed by atoms with Crippen LogP contribution in [-0.2, 0) is 9.53 Å². The predicted octanol–water partition coefficient (Wildman–Crippen LogP) is 4.29. The number of nitriles is 1. The monoisotopic (exact) mass is 442 g/mol. The van der Waals surface area contributed by atoms with E-state index in [1.54, 1.807) is 6.26 Å². The molecule has 0 aromatic heterocycles. The second-order valence-electron chi connectivity index (χ2n) is 6.43. The second kappa shape index (κ2) is 6.55. The fourth-order valence-electron chi connectivity index (χ4n) is 2.99. The Bertz CT molecular complexity index is 837. The van der Waals surface area contributed by atoms with Crippen molar-refractivity contribution in [3.63, 3.8) is 0 Å². The molecule has 1 aliphatic rings. The minimum absolute atomic E-state index is 0.128. The molecule has 1 saturated heterocycles. The Hall–Kier alpha value is -1.94. The summed E-state index contributed by atoms with van der Waals surface area (Å²) < 4.78 is 67.8. The highest BCUT2D eigenvalue weighted by Gasteiger charge is 2.65. The third-order valence-electron chi connectivity index (χ3n) is 4.57. The number of benzene rings is 1. The van der Waals surface area contributed by atoms with E-state index >= 15 is 0 Å². The summed E-state index contributed by atoms with van der Waals surface area (Å²) >= 11 is 1.26. The van der Waals surface area contributed by atoms with Gasteiger partial charge in [0.1, 0.15) is 10.9 Å². The van der Waals surface area contributed by atoms with Gasteiger partial charge in [-0.1, -0.05) is 19.4 Å². The molecule has 1 aromatic carbocycles. The van der Waals surface area contributed by atoms with E-state index in [0.717, 1.165) is 7.11 Å². The zero-order chi connectivity index (χ0) is 21.4. The minimum Gasteiger partial charge on any atom is -0.467 e. The lowest BCUT2D eigenvalue weighted by Gasteiger charge is -2.46. The first-order valence-electron chi connectivity index (χ1n) is 7.83. The number of nitrogens with zero attached hydrogens (tertiary/aromatic N) is 1. The number of halogens is 5. The van der Waals surface area contributed by atoms with Crippen LogP contribution in [0.3, 0.4) is 0 Å². The van der Waals surface area contributed by atoms with Crippen molar-refractivity contribution in [2.24, 2.45) is 0 Å². The molecule has 1 amide bonds. The maximum atomic E-state index is 12.8. The zero-order valence-corrected chi connectivity index (χ0v) is 16.4. The number of carbonyl (C=O) groups is 2. The first kappa shape index (κ1) is 22.4. The van der Waals surface area contributed by atoms with Crippen LogP contribution < -0.4 is 5.32 Å². The van der Waals surface area contributed by atoms with Crippen LogP contribution in [0.2, 0.25) is 12.6 Å². The van der Waals surface area contributed by atoms with Gasteiger partial charge in [0.15, 0.2) is 0 Å². The van der Waals surface area contributed by atoms with Crippen LogP contribution in [0.1, 0.15) is 10.4 Å². The van der Waals surface area contributed by atoms with Gasteiger partial charge in [0.25, 0.3) is 12.6 Å². The standard InChI is InChI=1S/C15H16BF5N2O3S2/c1-26-14(25)12(15(27-2)7-16(8-15)9-22)23-13(24)10-3-5-11(6-4-10)28(17,18,19,20)21/h3-6,12H,7-8H2,1-2H3,(H,23,24). The average molecular weight is 442 g/mol. The highest BCUT2D eigenvalue weighted by atomic mass is 32.5. The van der Waals surface area contributed by atoms with Crippen molar-refractivity contribution in [1.29, 1.82) is 5.26 Å². The van der Waals surface area contributed by atoms with Crippen molar-refractivity contribution in [2.75, 3.05) is 13.4 Å². The summed E-state index contributed by atoms with van der Waals surface area (Å²) in [7, 11) is -8.73. The molecule has 0 radical (unpaired) electrons. The maximum absolute atomic E-state index is 12.8. The third kappa shape index (κ3) is 4.55. The zero-order valence-electron chi connectivity index (χ0n) is 14.8. The molecule has 0 bridgehead atoms. The summed E-state index contributed by atoms with van der Waals surface area (Å²) in [5, 5.41) is 11.4. The number of amides is 1. The van der Waals surface area contributed by atoms with Crippen LogP contribution in [0.4, 0.5) is 19.4 Å². The number of nitrogens with one attached hydrogen (secondary N) is 1. The Morgan fingerprint density at radius 1 is 1.25 bits per heavy atom. The molecule has 1 atom stereocenters. The number of hydrogen-bond acceptors (Lipinski definition) is 5. The van der Waals surface area contributed by atoms with E-state index in [0.29, 0.717) is 24.8 Å². The summed E-state index contributed by atoms with van der Waals surface area (Å²) in [4.78, 5) is 22.4. The molecule has 13 heteroatoms. The Morgan fingerprint density at radius 3 is 2.18 bits per heavy atom. The van der Waals surface area contributed by atoms with Gasteiger partial charge in [-0.15, -0.1) is 0 Å². The molecule has 1 aliphatic heterocycles. The quantitative estimate of drug-likeness (QED) is 0.404. The van der Waals surface area contributed by atoms with E-state index < -0.39 is 37.8 Å². The number of thioether (sulfide) groups is 1. The van der Waals surface area contributed by atoms with Gasteiger partial charge in [-0.05, 0) is 43.2 Å². The Kier molecular flexibility index (Phi) is 5.23. The summed E-state index contributed by atoms with van der Waals surface area (Å²) in [6.45, 7) is -0.298. The van der Waals surface area contributed by atoms with Crippen molar-refractivity contribution < 1.29 is 33.8 Å². The van der Waals surface area contributed by atoms with E-state index in [1.165, 1.54) is 11.8 Å². The topological polar surface area (TPSA) is 79.2 Å². The minimum atomic E-state index is -9.84. The second-order valence-corrected chi connectivity index (χ2v) is 10.1. The first-order chi connectivity index (χ1) is 12.7. The van der Waals surface area contributed by atoms with E-state index in [2.05, 4.69) is 11.3 Å². The molecule has 1 N–H and O–H groups in total. The van der Waals surface area contributed by atoms with E-state index in [9.17, 15) is 29.0 Å². The third-order valence-corrected chi connectivity index (χ3v) is 7.12. The van der Waals surface area contributed by atoms with Crippen LogP contribution in [0.5, 0.6) is 0 Å². The Balaban J connectivity index is 2.26. The summed E-state index contributed by atoms with van der Waals surface area (Å²) in [5.41, 5.74) is -0.327. The van der Waals surface area contributed by atoms with Crippen molar-refractivity contribution in [3.8, 4) is 5.97 Å². The first-order valence-corrected chi connectivity index (χ1v) is 11.0. The van der Waals surface area contributed by atoms with Gasteiger partial charge in [-0.3, -0.25) is 4.79 Å². The molecule has 2 rings (SSSR count). The molecule has 1 fully saturated rings. The van der Waals surface area contributed by atoms with Crippen molar-refractivity contribution in [1.82, 2.24) is 5.32 Å². The molecule has 28 heavy (non-hydrogen) atoms. The normalized spacial score (nSPS) is 19.3. The lowest BCUT2D eigenvalue weighted by Crippen LogP contribution is -2.62. The highest BCUT2D eigenvalue weighted by Crippen LogP contribution is 3.02. The van der Waals surface area contributed by atoms with Crippen molar-refractivity contribution in [3.05, 3.63) is 29.8 Å². The summed E-state index contributed by atoms with van der Waals surface area (Å²) in [6, 6.07) is 0.328. The van der Waals surface area contributed by atoms with E-state index in [1.807, 2.05) is 0 Å². The molecule has 1 heterocycles. The van der Waals surface area contributed by atoms with Gasteiger partial charge in [-0.25, -0.2) is 10.1 Å². The summed E-state index contributed by atoms with van der Waals surface area (Å²) in [5.74, 6) is 0.368. The molecule has 1 aromatic rings. The molecule has 0 saturated carbocycles. The van der Waals surface area contributed by atoms with Gasteiger partial charge in [0.05, 0.1) is 7.11 Å². The molecule has 1 unspecified atom stereocenters. The van der Waals surface area contributed by atoms with Crippen molar-refractivity contribution in [2.45, 2.75) is 28.3 Å². The average Bonchev–Trinajstić information content (AvgIpc) is 2.57. The number of esters is 1. The largest absolute Gasteiger partial charge is 0.467 e. The molecule has 154 valence electrons. The van der Waals surface area contributed by atoms with Gasteiger partial charge in [0, 0.05) is 16.3 Å². The Labute approximate surface area is 162 Å². The number of rotatable bonds is 6. The smallest absolute Gasteiger partial charge is 0.329 e. The van der Waals surface area contributed by atoms with Crippen LogP contribution >= 0.6 is 22.0 Å². The van der Waals surface area contributed by atoms with Crippen molar-refractivity contribution >= 4 is 40.6 Å². The van der Waals surface area contributed by atoms with Crippen LogP contribution in [-0.4, -0.2) is 42.7 Å². The van der Waals surface area contributed by atoms with Crippen LogP contribution in [0, 0.1) is 11.2 Å². The van der Waals surface area contributed by atoms with Gasteiger partial charge >= 0.3 is 16.2 Å². The lowest BCUT2D eigenvalue weighted by molar-refractivity contribution is -0.143. The fraction of sp³-hybridized carbons (Fsp3) is 0.400. The lowest BCUT2D eigenvalue weighted by atomic mass is 9.31. The SMILES string of the molecule is COC(=O)C(NC(=O)c1ccc(S(F)(F)(F)(F)F)cc1)C1(SC)CB(C#N)C1. The molecule has 5 nitrogen and oxygen atoms in total. The molecule has 0 spiro atoms. The van der Waals surface area contributed by atoms with Gasteiger partial charge < -0.3 is 10.1 Å². The number of hydrogen-bond donors (Lipinski definition) is 1. The van der Waals surface area contributed by atoms with Crippen LogP contribution in [0.15, 0.2) is 29.2 Å². The van der Waals surface area contributed by atoms with Gasteiger partial charge in [0.2, 0.25) is 0 Å².